The molecule has 0 bridgehead atoms. The molecule has 0 saturated carbocycles. The number of pyridine rings is 2. The lowest BCUT2D eigenvalue weighted by atomic mass is 10.1. The van der Waals surface area contributed by atoms with Crippen LogP contribution in [0.25, 0.3) is 16.8 Å². The second kappa shape index (κ2) is 8.16. The largest absolute Gasteiger partial charge is 0.419 e. The number of nitrogens with two attached hydrogens (primary N) is 1. The van der Waals surface area contributed by atoms with Crippen molar-refractivity contribution in [2.45, 2.75) is 19.6 Å². The van der Waals surface area contributed by atoms with Crippen molar-refractivity contribution >= 4 is 23.2 Å². The first-order valence-electron chi connectivity index (χ1n) is 9.64. The number of ether oxygens (including phenoxy) is 1. The Bertz CT molecular complexity index is 1120. The summed E-state index contributed by atoms with van der Waals surface area (Å²) in [6.07, 6.45) is -1.61. The number of anilines is 2. The van der Waals surface area contributed by atoms with E-state index in [1.165, 1.54) is 13.1 Å². The molecule has 4 rings (SSSR count). The third-order valence-electron chi connectivity index (χ3n) is 5.05. The number of aromatic nitrogens is 3. The maximum absolute atomic E-state index is 13.3. The van der Waals surface area contributed by atoms with Crippen LogP contribution >= 0.6 is 0 Å². The molecule has 8 nitrogen and oxygen atoms in total. The summed E-state index contributed by atoms with van der Waals surface area (Å²) in [7, 11) is 0. The molecule has 1 aliphatic rings. The standard InChI is InChI=1S/C20H21F3N6O2/c1-12(30)26-19-16(11-28-4-6-31-7-5-28)29-10-13(2-3-17(29)27-19)14-8-15(20(21,22)23)18(24)25-9-14/h2-3,8-10H,4-7,11H2,1H3,(H2,24,25)(H,26,30). The lowest BCUT2D eigenvalue weighted by Crippen LogP contribution is -2.36. The Morgan fingerprint density at radius 3 is 2.68 bits per heavy atom. The van der Waals surface area contributed by atoms with E-state index in [2.05, 4.69) is 20.2 Å². The van der Waals surface area contributed by atoms with Gasteiger partial charge in [-0.3, -0.25) is 14.1 Å². The van der Waals surface area contributed by atoms with Gasteiger partial charge in [0, 0.05) is 50.1 Å². The Morgan fingerprint density at radius 2 is 2.00 bits per heavy atom. The number of carbonyl (C=O) groups excluding carboxylic acids is 1. The zero-order chi connectivity index (χ0) is 22.2. The first kappa shape index (κ1) is 21.1. The molecule has 0 spiro atoms. The van der Waals surface area contributed by atoms with Gasteiger partial charge in [-0.15, -0.1) is 0 Å². The number of hydrogen-bond donors (Lipinski definition) is 2. The van der Waals surface area contributed by atoms with E-state index in [0.717, 1.165) is 24.8 Å². The molecule has 0 unspecified atom stereocenters. The average Bonchev–Trinajstić information content (AvgIpc) is 3.04. The fourth-order valence-corrected chi connectivity index (χ4v) is 3.51. The highest BCUT2D eigenvalue weighted by Crippen LogP contribution is 2.35. The van der Waals surface area contributed by atoms with E-state index in [1.54, 1.807) is 22.7 Å². The molecule has 0 atom stereocenters. The van der Waals surface area contributed by atoms with Crippen LogP contribution in [-0.4, -0.2) is 51.5 Å². The van der Waals surface area contributed by atoms with Crippen LogP contribution in [0.5, 0.6) is 0 Å². The van der Waals surface area contributed by atoms with Gasteiger partial charge in [0.1, 0.15) is 11.5 Å². The molecule has 0 radical (unpaired) electrons. The first-order valence-corrected chi connectivity index (χ1v) is 9.64. The van der Waals surface area contributed by atoms with Gasteiger partial charge in [0.2, 0.25) is 5.91 Å². The maximum Gasteiger partial charge on any atom is 0.419 e. The van der Waals surface area contributed by atoms with Crippen molar-refractivity contribution in [2.24, 2.45) is 0 Å². The minimum Gasteiger partial charge on any atom is -0.383 e. The van der Waals surface area contributed by atoms with Crippen LogP contribution in [0.4, 0.5) is 24.8 Å². The lowest BCUT2D eigenvalue weighted by Gasteiger charge is -2.26. The normalized spacial score (nSPS) is 15.4. The number of morpholine rings is 1. The molecule has 0 aromatic carbocycles. The van der Waals surface area contributed by atoms with Crippen LogP contribution in [0.15, 0.2) is 30.6 Å². The molecule has 1 aliphatic heterocycles. The number of nitrogen functional groups attached to an aromatic ring is 1. The van der Waals surface area contributed by atoms with E-state index in [0.29, 0.717) is 36.8 Å². The molecule has 3 aromatic rings. The summed E-state index contributed by atoms with van der Waals surface area (Å²) in [6, 6.07) is 4.33. The van der Waals surface area contributed by atoms with E-state index < -0.39 is 17.6 Å². The predicted molar refractivity (Wildman–Crippen MR) is 108 cm³/mol. The van der Waals surface area contributed by atoms with Crippen LogP contribution in [0.3, 0.4) is 0 Å². The van der Waals surface area contributed by atoms with Gasteiger partial charge >= 0.3 is 6.18 Å². The molecule has 3 N–H and O–H groups in total. The quantitative estimate of drug-likeness (QED) is 0.656. The number of halogens is 3. The van der Waals surface area contributed by atoms with Crippen molar-refractivity contribution in [3.63, 3.8) is 0 Å². The molecular formula is C20H21F3N6O2. The van der Waals surface area contributed by atoms with E-state index in [9.17, 15) is 18.0 Å². The number of nitrogens with zero attached hydrogens (tertiary/aromatic N) is 4. The summed E-state index contributed by atoms with van der Waals surface area (Å²) in [5.41, 5.74) is 6.52. The minimum atomic E-state index is -4.60. The first-order chi connectivity index (χ1) is 14.7. The Morgan fingerprint density at radius 1 is 1.26 bits per heavy atom. The third kappa shape index (κ3) is 4.47. The highest BCUT2D eigenvalue weighted by atomic mass is 19.4. The van der Waals surface area contributed by atoms with Gasteiger partial charge in [-0.2, -0.15) is 13.2 Å². The van der Waals surface area contributed by atoms with Crippen molar-refractivity contribution in [1.82, 2.24) is 19.3 Å². The number of carbonyl (C=O) groups is 1. The van der Waals surface area contributed by atoms with Crippen LogP contribution in [0.2, 0.25) is 0 Å². The van der Waals surface area contributed by atoms with Crippen molar-refractivity contribution in [3.05, 3.63) is 41.9 Å². The van der Waals surface area contributed by atoms with Crippen molar-refractivity contribution in [1.29, 1.82) is 0 Å². The zero-order valence-corrected chi connectivity index (χ0v) is 16.7. The smallest absolute Gasteiger partial charge is 0.383 e. The van der Waals surface area contributed by atoms with Crippen LogP contribution in [-0.2, 0) is 22.3 Å². The Hall–Kier alpha value is -3.18. The van der Waals surface area contributed by atoms with Crippen molar-refractivity contribution < 1.29 is 22.7 Å². The zero-order valence-electron chi connectivity index (χ0n) is 16.7. The highest BCUT2D eigenvalue weighted by Gasteiger charge is 2.34. The summed E-state index contributed by atoms with van der Waals surface area (Å²) >= 11 is 0. The van der Waals surface area contributed by atoms with Crippen LogP contribution in [0, 0.1) is 0 Å². The van der Waals surface area contributed by atoms with Gasteiger partial charge in [-0.25, -0.2) is 9.97 Å². The number of alkyl halides is 3. The molecule has 4 heterocycles. The molecule has 1 saturated heterocycles. The van der Waals surface area contributed by atoms with Crippen LogP contribution < -0.4 is 11.1 Å². The number of fused-ring (bicyclic) bond motifs is 1. The maximum atomic E-state index is 13.3. The summed E-state index contributed by atoms with van der Waals surface area (Å²) in [5, 5.41) is 2.74. The topological polar surface area (TPSA) is 97.8 Å². The van der Waals surface area contributed by atoms with Gasteiger partial charge in [0.15, 0.2) is 5.82 Å². The molecule has 1 amide bonds. The van der Waals surface area contributed by atoms with Gasteiger partial charge in [-0.05, 0) is 18.2 Å². The number of imidazole rings is 1. The summed E-state index contributed by atoms with van der Waals surface area (Å²) in [4.78, 5) is 22.0. The molecule has 164 valence electrons. The second-order valence-corrected chi connectivity index (χ2v) is 7.28. The van der Waals surface area contributed by atoms with Crippen molar-refractivity contribution in [2.75, 3.05) is 37.4 Å². The highest BCUT2D eigenvalue weighted by molar-refractivity contribution is 5.88. The monoisotopic (exact) mass is 434 g/mol. The van der Waals surface area contributed by atoms with Crippen LogP contribution in [0.1, 0.15) is 18.2 Å². The lowest BCUT2D eigenvalue weighted by molar-refractivity contribution is -0.137. The molecule has 11 heteroatoms. The third-order valence-corrected chi connectivity index (χ3v) is 5.05. The number of nitrogens with one attached hydrogen (secondary N) is 1. The van der Waals surface area contributed by atoms with Crippen molar-refractivity contribution in [3.8, 4) is 11.1 Å². The molecule has 3 aromatic heterocycles. The van der Waals surface area contributed by atoms with E-state index in [1.807, 2.05) is 0 Å². The van der Waals surface area contributed by atoms with E-state index in [-0.39, 0.29) is 11.5 Å². The SMILES string of the molecule is CC(=O)Nc1nc2ccc(-c3cnc(N)c(C(F)(F)F)c3)cn2c1CN1CCOCC1. The number of hydrogen-bond acceptors (Lipinski definition) is 6. The predicted octanol–water partition coefficient (Wildman–Crippen LogP) is 2.79. The Balaban J connectivity index is 1.79. The van der Waals surface area contributed by atoms with Gasteiger partial charge in [0.05, 0.1) is 24.5 Å². The fraction of sp³-hybridized carbons (Fsp3) is 0.350. The average molecular weight is 434 g/mol. The van der Waals surface area contributed by atoms with E-state index >= 15 is 0 Å². The Labute approximate surface area is 175 Å². The summed E-state index contributed by atoms with van der Waals surface area (Å²) in [6.45, 7) is 4.56. The summed E-state index contributed by atoms with van der Waals surface area (Å²) < 4.78 is 46.9. The fourth-order valence-electron chi connectivity index (χ4n) is 3.51. The van der Waals surface area contributed by atoms with E-state index in [4.69, 9.17) is 10.5 Å². The molecular weight excluding hydrogens is 413 g/mol. The minimum absolute atomic E-state index is 0.260. The van der Waals surface area contributed by atoms with Gasteiger partial charge < -0.3 is 15.8 Å². The van der Waals surface area contributed by atoms with Gasteiger partial charge in [0.25, 0.3) is 0 Å². The molecule has 1 fully saturated rings. The molecule has 31 heavy (non-hydrogen) atoms. The number of rotatable bonds is 4. The van der Waals surface area contributed by atoms with Gasteiger partial charge in [-0.1, -0.05) is 0 Å². The Kier molecular flexibility index (Phi) is 5.54. The summed E-state index contributed by atoms with van der Waals surface area (Å²) in [5.74, 6) is -0.409. The second-order valence-electron chi connectivity index (χ2n) is 7.28. The molecule has 0 aliphatic carbocycles. The number of amides is 1.